The van der Waals surface area contributed by atoms with Crippen molar-refractivity contribution in [2.75, 3.05) is 4.90 Å². The molecule has 30 heavy (non-hydrogen) atoms. The van der Waals surface area contributed by atoms with E-state index in [1.165, 1.54) is 28.4 Å². The standard InChI is InChI=1S/C22H16F3N3OS/c1-14-5-2-9-18-19(14)27-21(30-18)28(13-15-6-4-10-26-12-15)20(29)16-7-3-8-17(11-16)22(23,24)25/h2-12H,13H2,1H3. The van der Waals surface area contributed by atoms with Gasteiger partial charge in [-0.2, -0.15) is 13.2 Å². The van der Waals surface area contributed by atoms with E-state index in [4.69, 9.17) is 0 Å². The Labute approximate surface area is 174 Å². The van der Waals surface area contributed by atoms with Crippen molar-refractivity contribution in [1.82, 2.24) is 9.97 Å². The Morgan fingerprint density at radius 1 is 1.10 bits per heavy atom. The molecule has 4 rings (SSSR count). The molecule has 0 N–H and O–H groups in total. The third-order valence-electron chi connectivity index (χ3n) is 4.59. The molecule has 0 radical (unpaired) electrons. The fraction of sp³-hybridized carbons (Fsp3) is 0.136. The summed E-state index contributed by atoms with van der Waals surface area (Å²) in [5, 5.41) is 0.422. The fourth-order valence-corrected chi connectivity index (χ4v) is 4.12. The van der Waals surface area contributed by atoms with Crippen molar-refractivity contribution in [3.8, 4) is 0 Å². The van der Waals surface area contributed by atoms with E-state index in [2.05, 4.69) is 9.97 Å². The Bertz CT molecular complexity index is 1210. The number of thiazole rings is 1. The minimum Gasteiger partial charge on any atom is -0.279 e. The number of para-hydroxylation sites is 1. The van der Waals surface area contributed by atoms with Crippen LogP contribution in [0.4, 0.5) is 18.3 Å². The number of aromatic nitrogens is 2. The molecule has 0 unspecified atom stereocenters. The Balaban J connectivity index is 1.78. The average molecular weight is 427 g/mol. The van der Waals surface area contributed by atoms with Crippen LogP contribution in [-0.2, 0) is 12.7 Å². The number of pyridine rings is 1. The van der Waals surface area contributed by atoms with Gasteiger partial charge in [0, 0.05) is 18.0 Å². The normalized spacial score (nSPS) is 11.6. The van der Waals surface area contributed by atoms with Crippen molar-refractivity contribution in [3.63, 3.8) is 0 Å². The molecule has 4 nitrogen and oxygen atoms in total. The highest BCUT2D eigenvalue weighted by Crippen LogP contribution is 2.33. The first kappa shape index (κ1) is 20.0. The summed E-state index contributed by atoms with van der Waals surface area (Å²) in [7, 11) is 0. The number of carbonyl (C=O) groups is 1. The maximum absolute atomic E-state index is 13.3. The van der Waals surface area contributed by atoms with Crippen molar-refractivity contribution in [2.45, 2.75) is 19.6 Å². The van der Waals surface area contributed by atoms with Gasteiger partial charge in [0.2, 0.25) is 0 Å². The maximum Gasteiger partial charge on any atom is 0.416 e. The van der Waals surface area contributed by atoms with E-state index >= 15 is 0 Å². The minimum absolute atomic E-state index is 0.0512. The number of hydrogen-bond acceptors (Lipinski definition) is 4. The van der Waals surface area contributed by atoms with E-state index in [0.717, 1.165) is 33.5 Å². The van der Waals surface area contributed by atoms with Gasteiger partial charge in [0.25, 0.3) is 5.91 Å². The predicted molar refractivity (Wildman–Crippen MR) is 111 cm³/mol. The third kappa shape index (κ3) is 4.04. The summed E-state index contributed by atoms with van der Waals surface area (Å²) in [5.74, 6) is -0.554. The summed E-state index contributed by atoms with van der Waals surface area (Å²) in [5.41, 5.74) is 1.56. The molecule has 8 heteroatoms. The molecule has 2 aromatic carbocycles. The predicted octanol–water partition coefficient (Wildman–Crippen LogP) is 5.87. The second-order valence-electron chi connectivity index (χ2n) is 6.75. The zero-order valence-electron chi connectivity index (χ0n) is 15.8. The van der Waals surface area contributed by atoms with E-state index < -0.39 is 17.6 Å². The highest BCUT2D eigenvalue weighted by molar-refractivity contribution is 7.22. The summed E-state index contributed by atoms with van der Waals surface area (Å²) < 4.78 is 40.3. The van der Waals surface area contributed by atoms with Crippen molar-refractivity contribution >= 4 is 32.6 Å². The highest BCUT2D eigenvalue weighted by atomic mass is 32.1. The molecular weight excluding hydrogens is 411 g/mol. The van der Waals surface area contributed by atoms with Crippen LogP contribution in [0.3, 0.4) is 0 Å². The van der Waals surface area contributed by atoms with Crippen LogP contribution in [0.1, 0.15) is 27.0 Å². The molecule has 152 valence electrons. The number of alkyl halides is 3. The van der Waals surface area contributed by atoms with Gasteiger partial charge in [-0.3, -0.25) is 14.7 Å². The Morgan fingerprint density at radius 2 is 1.90 bits per heavy atom. The average Bonchev–Trinajstić information content (AvgIpc) is 3.17. The van der Waals surface area contributed by atoms with Crippen LogP contribution in [0.25, 0.3) is 10.2 Å². The van der Waals surface area contributed by atoms with Crippen LogP contribution >= 0.6 is 11.3 Å². The zero-order valence-corrected chi connectivity index (χ0v) is 16.7. The van der Waals surface area contributed by atoms with Gasteiger partial charge in [0.1, 0.15) is 0 Å². The van der Waals surface area contributed by atoms with Crippen molar-refractivity contribution in [2.24, 2.45) is 0 Å². The number of aryl methyl sites for hydroxylation is 1. The monoisotopic (exact) mass is 427 g/mol. The van der Waals surface area contributed by atoms with E-state index in [0.29, 0.717) is 5.13 Å². The molecule has 2 heterocycles. The Kier molecular flexibility index (Phi) is 5.26. The van der Waals surface area contributed by atoms with Gasteiger partial charge < -0.3 is 0 Å². The van der Waals surface area contributed by atoms with E-state index in [-0.39, 0.29) is 12.1 Å². The molecule has 1 amide bonds. The number of halogens is 3. The van der Waals surface area contributed by atoms with Crippen molar-refractivity contribution in [1.29, 1.82) is 0 Å². The molecule has 0 bridgehead atoms. The first-order chi connectivity index (χ1) is 14.3. The van der Waals surface area contributed by atoms with Gasteiger partial charge >= 0.3 is 6.18 Å². The van der Waals surface area contributed by atoms with E-state index in [1.54, 1.807) is 24.5 Å². The number of amides is 1. The fourth-order valence-electron chi connectivity index (χ4n) is 3.07. The molecular formula is C22H16F3N3OS. The van der Waals surface area contributed by atoms with Crippen LogP contribution in [0, 0.1) is 6.92 Å². The molecule has 0 atom stereocenters. The first-order valence-corrected chi connectivity index (χ1v) is 9.89. The quantitative estimate of drug-likeness (QED) is 0.409. The number of benzene rings is 2. The third-order valence-corrected chi connectivity index (χ3v) is 5.63. The van der Waals surface area contributed by atoms with Gasteiger partial charge in [-0.1, -0.05) is 35.6 Å². The lowest BCUT2D eigenvalue weighted by atomic mass is 10.1. The van der Waals surface area contributed by atoms with Crippen LogP contribution < -0.4 is 4.90 Å². The number of fused-ring (bicyclic) bond motifs is 1. The van der Waals surface area contributed by atoms with E-state index in [1.807, 2.05) is 25.1 Å². The summed E-state index contributed by atoms with van der Waals surface area (Å²) in [6.07, 6.45) is -1.30. The van der Waals surface area contributed by atoms with Gasteiger partial charge in [-0.05, 0) is 48.4 Å². The summed E-state index contributed by atoms with van der Waals surface area (Å²) in [4.78, 5) is 23.4. The molecule has 0 spiro atoms. The van der Waals surface area contributed by atoms with Crippen LogP contribution in [0.15, 0.2) is 67.0 Å². The van der Waals surface area contributed by atoms with Gasteiger partial charge in [-0.15, -0.1) is 0 Å². The molecule has 0 fully saturated rings. The van der Waals surface area contributed by atoms with Crippen molar-refractivity contribution < 1.29 is 18.0 Å². The van der Waals surface area contributed by atoms with Gasteiger partial charge in [-0.25, -0.2) is 4.98 Å². The van der Waals surface area contributed by atoms with Crippen LogP contribution in [0.5, 0.6) is 0 Å². The number of hydrogen-bond donors (Lipinski definition) is 0. The van der Waals surface area contributed by atoms with Gasteiger partial charge in [0.15, 0.2) is 5.13 Å². The largest absolute Gasteiger partial charge is 0.416 e. The minimum atomic E-state index is -4.53. The molecule has 0 aliphatic rings. The second-order valence-corrected chi connectivity index (χ2v) is 7.76. The Hall–Kier alpha value is -3.26. The van der Waals surface area contributed by atoms with E-state index in [9.17, 15) is 18.0 Å². The highest BCUT2D eigenvalue weighted by Gasteiger charge is 2.32. The lowest BCUT2D eigenvalue weighted by Crippen LogP contribution is -2.30. The summed E-state index contributed by atoms with van der Waals surface area (Å²) in [6.45, 7) is 2.06. The molecule has 0 saturated heterocycles. The number of nitrogens with zero attached hydrogens (tertiary/aromatic N) is 3. The molecule has 0 aliphatic heterocycles. The van der Waals surface area contributed by atoms with Gasteiger partial charge in [0.05, 0.1) is 22.3 Å². The van der Waals surface area contributed by atoms with Crippen LogP contribution in [0.2, 0.25) is 0 Å². The molecule has 2 aromatic heterocycles. The zero-order chi connectivity index (χ0) is 21.3. The number of anilines is 1. The lowest BCUT2D eigenvalue weighted by molar-refractivity contribution is -0.137. The lowest BCUT2D eigenvalue weighted by Gasteiger charge is -2.20. The summed E-state index contributed by atoms with van der Waals surface area (Å²) in [6, 6.07) is 13.7. The van der Waals surface area contributed by atoms with Crippen molar-refractivity contribution in [3.05, 3.63) is 89.2 Å². The first-order valence-electron chi connectivity index (χ1n) is 9.07. The topological polar surface area (TPSA) is 46.1 Å². The number of carbonyl (C=O) groups excluding carboxylic acids is 1. The second kappa shape index (κ2) is 7.87. The van der Waals surface area contributed by atoms with Crippen LogP contribution in [-0.4, -0.2) is 15.9 Å². The summed E-state index contributed by atoms with van der Waals surface area (Å²) >= 11 is 1.32. The SMILES string of the molecule is Cc1cccc2sc(N(Cc3cccnc3)C(=O)c3cccc(C(F)(F)F)c3)nc12. The Morgan fingerprint density at radius 3 is 2.60 bits per heavy atom. The molecule has 0 aliphatic carbocycles. The number of rotatable bonds is 4. The smallest absolute Gasteiger partial charge is 0.279 e. The molecule has 4 aromatic rings. The molecule has 0 saturated carbocycles. The maximum atomic E-state index is 13.3.